The van der Waals surface area contributed by atoms with Crippen LogP contribution < -0.4 is 4.74 Å². The zero-order valence-corrected chi connectivity index (χ0v) is 13.5. The molecule has 1 aliphatic heterocycles. The maximum Gasteiger partial charge on any atom is 0.139 e. The SMILES string of the molecule is COc1ccc(CC(=O)CC2C=CC(/C=C/c3ccco3)=N2)cc1. The van der Waals surface area contributed by atoms with Crippen LogP contribution in [0.25, 0.3) is 6.08 Å². The van der Waals surface area contributed by atoms with Crippen LogP contribution in [0.1, 0.15) is 17.7 Å². The molecule has 0 saturated heterocycles. The molecule has 0 amide bonds. The predicted octanol–water partition coefficient (Wildman–Crippen LogP) is 3.88. The summed E-state index contributed by atoms with van der Waals surface area (Å²) in [7, 11) is 1.63. The van der Waals surface area contributed by atoms with Gasteiger partial charge in [-0.2, -0.15) is 0 Å². The number of aliphatic imine (C=N–C) groups is 1. The smallest absolute Gasteiger partial charge is 0.139 e. The number of carbonyl (C=O) groups excluding carboxylic acids is 1. The number of furan rings is 1. The first-order chi connectivity index (χ1) is 11.7. The lowest BCUT2D eigenvalue weighted by Gasteiger charge is -2.05. The van der Waals surface area contributed by atoms with Crippen molar-refractivity contribution in [1.29, 1.82) is 0 Å². The van der Waals surface area contributed by atoms with Gasteiger partial charge in [0.2, 0.25) is 0 Å². The maximum absolute atomic E-state index is 12.2. The van der Waals surface area contributed by atoms with Crippen LogP contribution in [0.2, 0.25) is 0 Å². The summed E-state index contributed by atoms with van der Waals surface area (Å²) in [6.45, 7) is 0. The second-order valence-electron chi connectivity index (χ2n) is 5.60. The van der Waals surface area contributed by atoms with Gasteiger partial charge in [-0.15, -0.1) is 0 Å². The standard InChI is InChI=1S/C20H19NO3/c1-23-19-9-4-15(5-10-19)13-18(22)14-17-7-6-16(21-17)8-11-20-3-2-12-24-20/h2-12,17H,13-14H2,1H3/b11-8+. The van der Waals surface area contributed by atoms with Crippen molar-refractivity contribution in [2.75, 3.05) is 7.11 Å². The van der Waals surface area contributed by atoms with E-state index in [1.54, 1.807) is 13.4 Å². The minimum absolute atomic E-state index is 0.0769. The van der Waals surface area contributed by atoms with Crippen LogP contribution in [0, 0.1) is 0 Å². The fourth-order valence-corrected chi connectivity index (χ4v) is 2.53. The van der Waals surface area contributed by atoms with Gasteiger partial charge >= 0.3 is 0 Å². The lowest BCUT2D eigenvalue weighted by atomic mass is 10.0. The Morgan fingerprint density at radius 1 is 1.25 bits per heavy atom. The molecular weight excluding hydrogens is 302 g/mol. The van der Waals surface area contributed by atoms with Crippen LogP contribution >= 0.6 is 0 Å². The van der Waals surface area contributed by atoms with Crippen molar-refractivity contribution in [2.45, 2.75) is 18.9 Å². The Morgan fingerprint density at radius 3 is 2.79 bits per heavy atom. The molecule has 4 heteroatoms. The van der Waals surface area contributed by atoms with Crippen LogP contribution in [-0.2, 0) is 11.2 Å². The predicted molar refractivity (Wildman–Crippen MR) is 94.4 cm³/mol. The van der Waals surface area contributed by atoms with E-state index in [0.717, 1.165) is 22.8 Å². The largest absolute Gasteiger partial charge is 0.497 e. The van der Waals surface area contributed by atoms with Crippen molar-refractivity contribution in [3.8, 4) is 5.75 Å². The lowest BCUT2D eigenvalue weighted by Crippen LogP contribution is -2.10. The number of methoxy groups -OCH3 is 1. The highest BCUT2D eigenvalue weighted by molar-refractivity contribution is 6.08. The molecule has 3 rings (SSSR count). The molecule has 1 unspecified atom stereocenters. The number of Topliss-reactive ketones (excluding diaryl/α,β-unsaturated/α-hetero) is 1. The number of allylic oxidation sites excluding steroid dienone is 2. The van der Waals surface area contributed by atoms with Crippen molar-refractivity contribution >= 4 is 17.6 Å². The van der Waals surface area contributed by atoms with Crippen molar-refractivity contribution < 1.29 is 13.9 Å². The third kappa shape index (κ3) is 4.32. The number of carbonyl (C=O) groups is 1. The van der Waals surface area contributed by atoms with E-state index in [4.69, 9.17) is 9.15 Å². The summed E-state index contributed by atoms with van der Waals surface area (Å²) in [6, 6.07) is 11.2. The molecule has 2 heterocycles. The first kappa shape index (κ1) is 16.0. The van der Waals surface area contributed by atoms with Gasteiger partial charge in [-0.3, -0.25) is 9.79 Å². The molecule has 1 aromatic carbocycles. The molecule has 1 atom stereocenters. The zero-order chi connectivity index (χ0) is 16.8. The van der Waals surface area contributed by atoms with Crippen LogP contribution in [0.5, 0.6) is 5.75 Å². The van der Waals surface area contributed by atoms with E-state index in [1.165, 1.54) is 0 Å². The number of ether oxygens (including phenoxy) is 1. The number of hydrogen-bond acceptors (Lipinski definition) is 4. The van der Waals surface area contributed by atoms with Gasteiger partial charge < -0.3 is 9.15 Å². The highest BCUT2D eigenvalue weighted by Crippen LogP contribution is 2.15. The van der Waals surface area contributed by atoms with Crippen molar-refractivity contribution in [3.63, 3.8) is 0 Å². The molecule has 122 valence electrons. The van der Waals surface area contributed by atoms with Crippen molar-refractivity contribution in [3.05, 3.63) is 72.2 Å². The van der Waals surface area contributed by atoms with E-state index in [2.05, 4.69) is 4.99 Å². The summed E-state index contributed by atoms with van der Waals surface area (Å²) in [6.07, 6.45) is 10.1. The molecule has 0 N–H and O–H groups in total. The van der Waals surface area contributed by atoms with Crippen LogP contribution in [-0.4, -0.2) is 24.6 Å². The number of ketones is 1. The van der Waals surface area contributed by atoms with Gasteiger partial charge in [0.15, 0.2) is 0 Å². The van der Waals surface area contributed by atoms with E-state index in [1.807, 2.05) is 60.7 Å². The van der Waals surface area contributed by atoms with E-state index < -0.39 is 0 Å². The van der Waals surface area contributed by atoms with Crippen molar-refractivity contribution in [1.82, 2.24) is 0 Å². The average Bonchev–Trinajstić information content (AvgIpc) is 3.25. The van der Waals surface area contributed by atoms with E-state index in [-0.39, 0.29) is 11.8 Å². The minimum atomic E-state index is -0.0769. The van der Waals surface area contributed by atoms with Gasteiger partial charge in [0.1, 0.15) is 17.3 Å². The normalized spacial score (nSPS) is 16.5. The molecular formula is C20H19NO3. The number of rotatable bonds is 7. The summed E-state index contributed by atoms with van der Waals surface area (Å²) < 4.78 is 10.4. The molecule has 0 spiro atoms. The summed E-state index contributed by atoms with van der Waals surface area (Å²) in [4.78, 5) is 16.7. The first-order valence-electron chi connectivity index (χ1n) is 7.85. The summed E-state index contributed by atoms with van der Waals surface area (Å²) in [5.41, 5.74) is 1.85. The molecule has 4 nitrogen and oxygen atoms in total. The molecule has 1 aliphatic rings. The average molecular weight is 321 g/mol. The fourth-order valence-electron chi connectivity index (χ4n) is 2.53. The molecule has 0 bridgehead atoms. The highest BCUT2D eigenvalue weighted by Gasteiger charge is 2.14. The minimum Gasteiger partial charge on any atom is -0.497 e. The number of hydrogen-bond donors (Lipinski definition) is 0. The summed E-state index contributed by atoms with van der Waals surface area (Å²) in [5, 5.41) is 0. The Bertz CT molecular complexity index is 768. The van der Waals surface area contributed by atoms with Gasteiger partial charge in [0.25, 0.3) is 0 Å². The number of benzene rings is 1. The molecule has 0 saturated carbocycles. The number of nitrogens with zero attached hydrogens (tertiary/aromatic N) is 1. The van der Waals surface area contributed by atoms with Gasteiger partial charge in [-0.25, -0.2) is 0 Å². The molecule has 1 aromatic heterocycles. The summed E-state index contributed by atoms with van der Waals surface area (Å²) in [5.74, 6) is 1.75. The Balaban J connectivity index is 1.52. The third-order valence-corrected chi connectivity index (χ3v) is 3.76. The Kier molecular flexibility index (Phi) is 5.06. The lowest BCUT2D eigenvalue weighted by molar-refractivity contribution is -0.118. The quantitative estimate of drug-likeness (QED) is 0.777. The zero-order valence-electron chi connectivity index (χ0n) is 13.5. The van der Waals surface area contributed by atoms with Crippen LogP contribution in [0.3, 0.4) is 0 Å². The molecule has 24 heavy (non-hydrogen) atoms. The van der Waals surface area contributed by atoms with Gasteiger partial charge in [-0.1, -0.05) is 18.2 Å². The molecule has 0 fully saturated rings. The molecule has 2 aromatic rings. The second-order valence-corrected chi connectivity index (χ2v) is 5.60. The summed E-state index contributed by atoms with van der Waals surface area (Å²) >= 11 is 0. The van der Waals surface area contributed by atoms with E-state index in [9.17, 15) is 4.79 Å². The first-order valence-corrected chi connectivity index (χ1v) is 7.85. The second kappa shape index (κ2) is 7.59. The fraction of sp³-hybridized carbons (Fsp3) is 0.200. The highest BCUT2D eigenvalue weighted by atomic mass is 16.5. The van der Waals surface area contributed by atoms with Gasteiger partial charge in [-0.05, 0) is 48.1 Å². The molecule has 0 radical (unpaired) electrons. The van der Waals surface area contributed by atoms with Crippen LogP contribution in [0.4, 0.5) is 0 Å². The maximum atomic E-state index is 12.2. The molecule has 0 aliphatic carbocycles. The Labute approximate surface area is 141 Å². The van der Waals surface area contributed by atoms with Crippen molar-refractivity contribution in [2.24, 2.45) is 4.99 Å². The van der Waals surface area contributed by atoms with Gasteiger partial charge in [0, 0.05) is 12.8 Å². The topological polar surface area (TPSA) is 51.8 Å². The van der Waals surface area contributed by atoms with E-state index >= 15 is 0 Å². The monoisotopic (exact) mass is 321 g/mol. The van der Waals surface area contributed by atoms with Crippen LogP contribution in [0.15, 0.2) is 70.3 Å². The van der Waals surface area contributed by atoms with Gasteiger partial charge in [0.05, 0.1) is 25.1 Å². The third-order valence-electron chi connectivity index (χ3n) is 3.76. The Hall–Kier alpha value is -2.88. The Morgan fingerprint density at radius 2 is 2.08 bits per heavy atom. The van der Waals surface area contributed by atoms with E-state index in [0.29, 0.717) is 12.8 Å².